The Morgan fingerprint density at radius 3 is 0.848 bits per heavy atom. The number of hydrogen-bond donors (Lipinski definition) is 7. The van der Waals surface area contributed by atoms with E-state index in [1.165, 1.54) is 79.9 Å². The largest absolute Gasteiger partial charge is 0.497 e. The molecule has 0 saturated heterocycles. The zero-order valence-electron chi connectivity index (χ0n) is 69.1. The number of nitro benzene ring substituents is 2. The Bertz CT molecular complexity index is 5890. The van der Waals surface area contributed by atoms with Gasteiger partial charge in [-0.3, -0.25) is 20.2 Å². The lowest BCUT2D eigenvalue weighted by Gasteiger charge is -2.20. The molecule has 0 saturated carbocycles. The van der Waals surface area contributed by atoms with Crippen molar-refractivity contribution in [2.45, 2.75) is 131 Å². The van der Waals surface area contributed by atoms with E-state index in [1.54, 1.807) is 84.9 Å². The Morgan fingerprint density at radius 1 is 0.336 bits per heavy atom. The van der Waals surface area contributed by atoms with Crippen molar-refractivity contribution < 1.29 is 109 Å². The zero-order valence-corrected chi connectivity index (χ0v) is 76.3. The molecule has 7 N–H and O–H groups in total. The number of aliphatic hydroxyl groups excluding tert-OH is 7. The molecule has 0 aliphatic heterocycles. The second-order valence-electron chi connectivity index (χ2n) is 27.8. The molecule has 0 aliphatic rings. The van der Waals surface area contributed by atoms with Crippen molar-refractivity contribution in [3.63, 3.8) is 0 Å². The Labute approximate surface area is 743 Å². The van der Waals surface area contributed by atoms with Crippen LogP contribution >= 0.6 is 23.2 Å². The SMILES string of the molecule is C#CCC(O)C(c1ccc(C#N)cc1)S(C)(=O)=O.C#CCC(O)C(c1ccc(Cl)cc1)S(C)(=O)=O.C#CCC(O)C(c1ccc([N+](=O)[O-])cc1)S(C)(=O)=O.C#CCC(O)C(c1cccc(C)c1)S(C)(=O)=O.C#CCC(O)C(c1cccc(Cl)c1)S(C)(=O)=O.C#CCC(O)C(c1cccc(OC)c1)S(C)(=O)=O.C#CCC(O)C(c1cccc([N+](=O)[O-])c1)S(C)(=O)=O. The van der Waals surface area contributed by atoms with E-state index in [0.717, 1.165) is 55.4 Å². The number of aryl methyl sites for hydroxylation is 1. The molecule has 7 aromatic rings. The number of non-ortho nitro benzene ring substituents is 2. The number of hydrogen-bond acceptors (Lipinski definition) is 27. The summed E-state index contributed by atoms with van der Waals surface area (Å²) in [6.45, 7) is 1.87. The first-order chi connectivity index (χ1) is 57.9. The maximum Gasteiger partial charge on any atom is 0.269 e. The number of nitrogens with zero attached hydrogens (tertiary/aromatic N) is 3. The quantitative estimate of drug-likeness (QED) is 0.0121. The van der Waals surface area contributed by atoms with Gasteiger partial charge in [0.2, 0.25) is 0 Å². The van der Waals surface area contributed by atoms with E-state index < -0.39 is 158 Å². The topological polar surface area (TPSA) is 500 Å². The summed E-state index contributed by atoms with van der Waals surface area (Å²) in [4.78, 5) is 20.0. The van der Waals surface area contributed by atoms with Gasteiger partial charge in [0, 0.05) is 123 Å². The second-order valence-corrected chi connectivity index (χ2v) is 43.9. The number of halogens is 2. The van der Waals surface area contributed by atoms with Crippen LogP contribution < -0.4 is 4.74 Å². The molecule has 29 nitrogen and oxygen atoms in total. The molecule has 7 rings (SSSR count). The van der Waals surface area contributed by atoms with E-state index in [9.17, 15) is 115 Å². The number of methoxy groups -OCH3 is 1. The molecule has 0 bridgehead atoms. The summed E-state index contributed by atoms with van der Waals surface area (Å²) < 4.78 is 169. The molecule has 0 spiro atoms. The van der Waals surface area contributed by atoms with E-state index in [-0.39, 0.29) is 67.4 Å². The van der Waals surface area contributed by atoms with Gasteiger partial charge < -0.3 is 40.5 Å². The van der Waals surface area contributed by atoms with E-state index in [2.05, 4.69) is 41.4 Å². The average molecular weight is 1900 g/mol. The molecule has 38 heteroatoms. The first-order valence-corrected chi connectivity index (χ1v) is 50.7. The first-order valence-electron chi connectivity index (χ1n) is 36.2. The van der Waals surface area contributed by atoms with Gasteiger partial charge in [-0.05, 0) is 94.4 Å². The number of rotatable bonds is 31. The molecule has 0 heterocycles. The van der Waals surface area contributed by atoms with Crippen LogP contribution in [0.3, 0.4) is 0 Å². The number of terminal acetylenes is 7. The monoisotopic (exact) mass is 1890 g/mol. The third kappa shape index (κ3) is 38.9. The maximum absolute atomic E-state index is 11.8. The summed E-state index contributed by atoms with van der Waals surface area (Å²) in [7, 11) is -23.0. The van der Waals surface area contributed by atoms with Crippen molar-refractivity contribution in [1.29, 1.82) is 5.26 Å². The molecular formula is C87H97Cl2N3O26S7. The van der Waals surface area contributed by atoms with Gasteiger partial charge in [-0.1, -0.05) is 126 Å². The summed E-state index contributed by atoms with van der Waals surface area (Å²) >= 11 is 11.5. The van der Waals surface area contributed by atoms with Crippen LogP contribution in [0, 0.1) is 125 Å². The Balaban J connectivity index is 0.000000729. The van der Waals surface area contributed by atoms with E-state index >= 15 is 0 Å². The fourth-order valence-corrected chi connectivity index (χ4v) is 21.7. The van der Waals surface area contributed by atoms with E-state index in [0.29, 0.717) is 49.2 Å². The standard InChI is InChI=1S/C13H13NO3S.C13H16O4S.C13H16O3S.2C12H13ClO3S.2C12H13NO5S/c1-3-4-12(15)13(18(2,16)17)11-7-5-10(9-14)6-8-11;1-4-6-12(14)13(18(3,15)16)10-7-5-8-11(9-10)17-2;1-4-6-12(14)13(17(3,15)16)11-8-5-7-10(2)9-11;1-3-5-11(14)12(17(2,15)16)9-6-4-7-10(13)8-9;1-3-4-11(14)12(17(2,15)16)9-5-7-10(13)8-6-9;1-3-5-11(14)12(19(2,17)18)9-6-4-7-10(8-9)13(15)16;1-3-4-11(14)12(19(2,17)18)9-5-7-10(8-6-9)13(15)16/h1,5-8,12-13,15H,4H2,2H3;1,5,7-9,12-14H,6H2,2-3H3;1,5,7-9,12-14H,6H2,2-3H3;1,4,6-8,11-12,14H,5H2,2H3;1,5-8,11-12,14H,4H2,2H3;1,4,6-8,11-12,14H,5H2,2H3;1,5-8,11-12,14H,4H2,2H3. The average Bonchev–Trinajstić information content (AvgIpc) is 0.819. The fraction of sp³-hybridized carbons (Fsp3) is 0.345. The Morgan fingerprint density at radius 2 is 0.584 bits per heavy atom. The second kappa shape index (κ2) is 52.4. The van der Waals surface area contributed by atoms with Crippen LogP contribution in [0.1, 0.15) is 132 Å². The molecule has 672 valence electrons. The normalized spacial score (nSPS) is 14.6. The minimum absolute atomic E-state index is 0.0135. The Hall–Kier alpha value is -10.5. The third-order valence-electron chi connectivity index (χ3n) is 17.3. The van der Waals surface area contributed by atoms with Crippen molar-refractivity contribution in [3.05, 3.63) is 250 Å². The van der Waals surface area contributed by atoms with E-state index in [4.69, 9.17) is 78.2 Å². The summed E-state index contributed by atoms with van der Waals surface area (Å²) in [6, 6.07) is 44.6. The van der Waals surface area contributed by atoms with Crippen LogP contribution in [0.15, 0.2) is 170 Å². The molecule has 14 unspecified atom stereocenters. The van der Waals surface area contributed by atoms with Crippen LogP contribution in [0.5, 0.6) is 5.75 Å². The molecule has 0 amide bonds. The van der Waals surface area contributed by atoms with Crippen LogP contribution in [-0.4, -0.2) is 198 Å². The molecular weight excluding hydrogens is 1800 g/mol. The fourth-order valence-electron chi connectivity index (χ4n) is 12.2. The van der Waals surface area contributed by atoms with E-state index in [1.807, 2.05) is 19.1 Å². The lowest BCUT2D eigenvalue weighted by Crippen LogP contribution is -2.25. The molecule has 125 heavy (non-hydrogen) atoms. The third-order valence-corrected chi connectivity index (χ3v) is 28.4. The van der Waals surface area contributed by atoms with Gasteiger partial charge in [-0.15, -0.1) is 86.4 Å². The lowest BCUT2D eigenvalue weighted by atomic mass is 10.0. The number of benzene rings is 7. The molecule has 0 fully saturated rings. The van der Waals surface area contributed by atoms with Gasteiger partial charge >= 0.3 is 0 Å². The van der Waals surface area contributed by atoms with Gasteiger partial charge in [0.05, 0.1) is 71.3 Å². The summed E-state index contributed by atoms with van der Waals surface area (Å²) in [5.74, 6) is 16.2. The van der Waals surface area contributed by atoms with Crippen molar-refractivity contribution >= 4 is 103 Å². The van der Waals surface area contributed by atoms with Crippen LogP contribution in [-0.2, 0) is 68.9 Å². The molecule has 14 atom stereocenters. The highest BCUT2D eigenvalue weighted by molar-refractivity contribution is 7.92. The highest BCUT2D eigenvalue weighted by Gasteiger charge is 2.37. The molecule has 0 radical (unpaired) electrons. The van der Waals surface area contributed by atoms with Gasteiger partial charge in [-0.2, -0.15) is 5.26 Å². The van der Waals surface area contributed by atoms with Crippen molar-refractivity contribution in [1.82, 2.24) is 0 Å². The molecule has 7 aromatic carbocycles. The van der Waals surface area contributed by atoms with Crippen LogP contribution in [0.25, 0.3) is 0 Å². The predicted molar refractivity (Wildman–Crippen MR) is 484 cm³/mol. The van der Waals surface area contributed by atoms with Crippen molar-refractivity contribution in [2.75, 3.05) is 50.9 Å². The minimum Gasteiger partial charge on any atom is -0.497 e. The first kappa shape index (κ1) is 113. The molecule has 0 aromatic heterocycles. The van der Waals surface area contributed by atoms with Crippen molar-refractivity contribution in [3.8, 4) is 98.2 Å². The number of aliphatic hydroxyl groups is 7. The van der Waals surface area contributed by atoms with Gasteiger partial charge in [-0.25, -0.2) is 58.9 Å². The summed E-state index contributed by atoms with van der Waals surface area (Å²) in [5.41, 5.74) is 3.83. The van der Waals surface area contributed by atoms with Gasteiger partial charge in [0.15, 0.2) is 68.9 Å². The maximum atomic E-state index is 11.8. The lowest BCUT2D eigenvalue weighted by molar-refractivity contribution is -0.385. The number of nitriles is 1. The highest BCUT2D eigenvalue weighted by atomic mass is 35.5. The number of ether oxygens (including phenoxy) is 1. The smallest absolute Gasteiger partial charge is 0.269 e. The highest BCUT2D eigenvalue weighted by Crippen LogP contribution is 2.36. The van der Waals surface area contributed by atoms with Crippen LogP contribution in [0.2, 0.25) is 10.0 Å². The number of sulfone groups is 7. The van der Waals surface area contributed by atoms with Gasteiger partial charge in [0.25, 0.3) is 11.4 Å². The zero-order chi connectivity index (χ0) is 95.9. The van der Waals surface area contributed by atoms with Gasteiger partial charge in [0.1, 0.15) is 42.5 Å². The van der Waals surface area contributed by atoms with Crippen LogP contribution in [0.4, 0.5) is 11.4 Å². The number of nitro groups is 2. The summed E-state index contributed by atoms with van der Waals surface area (Å²) in [5, 5.41) is 92.1. The predicted octanol–water partition coefficient (Wildman–Crippen LogP) is 9.41. The molecule has 0 aliphatic carbocycles. The van der Waals surface area contributed by atoms with Crippen molar-refractivity contribution in [2.24, 2.45) is 0 Å². The summed E-state index contributed by atoms with van der Waals surface area (Å²) in [6.07, 6.45) is 34.4. The minimum atomic E-state index is -3.65. The Kier molecular flexibility index (Phi) is 47.2.